The summed E-state index contributed by atoms with van der Waals surface area (Å²) in [6.45, 7) is 0. The standard InChI is InChI=1S/C50H31N7/c1-2-15-32(16-3-1)40-31-41(54-50(53-40)56-43-25-9-4-17-33(43)34-18-5-10-26-44(34)56)39-21-12-28-46(55-42-24-8-6-19-35(42)37-22-13-29-51-48(37)55)47(39)57-45-27-11-7-20-36(45)38-23-14-30-52-49(38)57/h1-31H/i1D,2D,3D,4D,5D,6D,7D,8D,9D,10D,11D,15D,16D,17D,18D,19D,20D,24D,25D,26D,27D,31D. The highest BCUT2D eigenvalue weighted by Gasteiger charge is 2.25. The summed E-state index contributed by atoms with van der Waals surface area (Å²) in [5.74, 6) is -0.714. The SMILES string of the molecule is [2H]c1c(-c2cccc(-n3c4ncccc4c4c([2H])c([2H])c([2H])c([2H])c43)c2-n2c3ncccc3c3c([2H])c([2H])c([2H])c([2H])c32)nc(-n2c3c([2H])c([2H])c([2H])c([2H])c3c3c([2H])c([2H])c([2H])c([2H])c32)nc1-c1c([2H])c([2H])c([2H])c([2H])c1[2H]. The Morgan fingerprint density at radius 1 is 0.421 bits per heavy atom. The molecule has 0 spiro atoms. The van der Waals surface area contributed by atoms with E-state index in [1.54, 1.807) is 18.2 Å². The molecule has 7 nitrogen and oxygen atoms in total. The Morgan fingerprint density at radius 3 is 1.53 bits per heavy atom. The number of rotatable bonds is 5. The maximum absolute atomic E-state index is 10.2. The number of para-hydroxylation sites is 5. The minimum atomic E-state index is -0.858. The number of benzene rings is 6. The van der Waals surface area contributed by atoms with Gasteiger partial charge in [-0.15, -0.1) is 0 Å². The van der Waals surface area contributed by atoms with Crippen LogP contribution in [-0.4, -0.2) is 33.6 Å². The van der Waals surface area contributed by atoms with Crippen LogP contribution in [0.4, 0.5) is 0 Å². The molecule has 0 bridgehead atoms. The first-order valence-electron chi connectivity index (χ1n) is 28.3. The largest absolute Gasteiger partial charge is 0.292 e. The molecule has 6 heterocycles. The molecule has 12 aromatic rings. The lowest BCUT2D eigenvalue weighted by Gasteiger charge is -2.20. The van der Waals surface area contributed by atoms with Crippen LogP contribution < -0.4 is 0 Å². The molecular weight excluding hydrogens is 699 g/mol. The van der Waals surface area contributed by atoms with Gasteiger partial charge in [-0.05, 0) is 60.5 Å². The van der Waals surface area contributed by atoms with Crippen molar-refractivity contribution in [3.05, 3.63) is 188 Å². The monoisotopic (exact) mass is 751 g/mol. The smallest absolute Gasteiger partial charge is 0.235 e. The van der Waals surface area contributed by atoms with Crippen LogP contribution in [0.2, 0.25) is 0 Å². The molecule has 0 saturated heterocycles. The van der Waals surface area contributed by atoms with Crippen molar-refractivity contribution < 1.29 is 30.2 Å². The van der Waals surface area contributed by atoms with Crippen LogP contribution in [0.25, 0.3) is 106 Å². The normalized spacial score (nSPS) is 17.3. The Kier molecular flexibility index (Phi) is 3.64. The van der Waals surface area contributed by atoms with Crippen LogP contribution >= 0.6 is 0 Å². The molecule has 0 aliphatic carbocycles. The minimum Gasteiger partial charge on any atom is -0.292 e. The van der Waals surface area contributed by atoms with Gasteiger partial charge in [0, 0.05) is 55.8 Å². The average Bonchev–Trinajstić information content (AvgIpc) is 3.30. The molecule has 0 radical (unpaired) electrons. The molecule has 266 valence electrons. The van der Waals surface area contributed by atoms with E-state index in [0.29, 0.717) is 0 Å². The second-order valence-electron chi connectivity index (χ2n) is 12.7. The van der Waals surface area contributed by atoms with Crippen molar-refractivity contribution in [3.8, 4) is 39.8 Å². The predicted octanol–water partition coefficient (Wildman–Crippen LogP) is 11.9. The summed E-state index contributed by atoms with van der Waals surface area (Å²) >= 11 is 0. The summed E-state index contributed by atoms with van der Waals surface area (Å²) in [5, 5.41) is -0.349. The molecule has 7 heteroatoms. The van der Waals surface area contributed by atoms with Gasteiger partial charge >= 0.3 is 0 Å². The number of nitrogens with zero attached hydrogens (tertiary/aromatic N) is 7. The summed E-state index contributed by atoms with van der Waals surface area (Å²) in [5.41, 5.74) is -3.52. The van der Waals surface area contributed by atoms with E-state index in [0.717, 1.165) is 4.57 Å². The van der Waals surface area contributed by atoms with E-state index in [4.69, 9.17) is 31.9 Å². The first-order chi connectivity index (χ1) is 37.5. The Labute approximate surface area is 357 Å². The molecule has 0 atom stereocenters. The van der Waals surface area contributed by atoms with Crippen molar-refractivity contribution >= 4 is 65.7 Å². The lowest BCUT2D eigenvalue weighted by molar-refractivity contribution is 0.992. The molecule has 0 aliphatic rings. The number of hydrogen-bond acceptors (Lipinski definition) is 4. The van der Waals surface area contributed by atoms with E-state index in [1.165, 1.54) is 45.8 Å². The zero-order chi connectivity index (χ0) is 56.6. The Morgan fingerprint density at radius 2 is 0.912 bits per heavy atom. The lowest BCUT2D eigenvalue weighted by atomic mass is 10.0. The van der Waals surface area contributed by atoms with Gasteiger partial charge in [0.05, 0.1) is 75.0 Å². The molecular formula is C50H31N7. The summed E-state index contributed by atoms with van der Waals surface area (Å²) in [6, 6.07) is -5.05. The highest BCUT2D eigenvalue weighted by Crippen LogP contribution is 2.42. The second-order valence-corrected chi connectivity index (χ2v) is 12.7. The van der Waals surface area contributed by atoms with E-state index in [1.807, 2.05) is 0 Å². The number of fused-ring (bicyclic) bond motifs is 9. The van der Waals surface area contributed by atoms with E-state index in [9.17, 15) is 8.22 Å². The summed E-state index contributed by atoms with van der Waals surface area (Å²) < 4.78 is 202. The molecule has 0 unspecified atom stereocenters. The van der Waals surface area contributed by atoms with Crippen LogP contribution in [0.3, 0.4) is 0 Å². The second kappa shape index (κ2) is 12.3. The van der Waals surface area contributed by atoms with Crippen molar-refractivity contribution in [1.82, 2.24) is 33.6 Å². The third-order valence-corrected chi connectivity index (χ3v) is 9.68. The van der Waals surface area contributed by atoms with Gasteiger partial charge in [0.15, 0.2) is 0 Å². The van der Waals surface area contributed by atoms with Gasteiger partial charge in [-0.2, -0.15) is 0 Å². The summed E-state index contributed by atoms with van der Waals surface area (Å²) in [7, 11) is 0. The topological polar surface area (TPSA) is 66.3 Å². The predicted molar refractivity (Wildman–Crippen MR) is 232 cm³/mol. The first-order valence-corrected chi connectivity index (χ1v) is 17.3. The zero-order valence-electron chi connectivity index (χ0n) is 50.8. The first kappa shape index (κ1) is 16.9. The average molecular weight is 752 g/mol. The fraction of sp³-hybridized carbons (Fsp3) is 0. The van der Waals surface area contributed by atoms with E-state index in [-0.39, 0.29) is 60.8 Å². The molecule has 57 heavy (non-hydrogen) atoms. The van der Waals surface area contributed by atoms with Gasteiger partial charge < -0.3 is 0 Å². The molecule has 6 aromatic carbocycles. The number of aromatic nitrogens is 7. The van der Waals surface area contributed by atoms with Gasteiger partial charge in [0.25, 0.3) is 0 Å². The molecule has 0 amide bonds. The summed E-state index contributed by atoms with van der Waals surface area (Å²) in [4.78, 5) is 18.9. The van der Waals surface area contributed by atoms with Crippen molar-refractivity contribution in [3.63, 3.8) is 0 Å². The van der Waals surface area contributed by atoms with Crippen molar-refractivity contribution in [2.75, 3.05) is 0 Å². The van der Waals surface area contributed by atoms with Crippen molar-refractivity contribution in [2.24, 2.45) is 0 Å². The maximum atomic E-state index is 10.2. The number of hydrogen-bond donors (Lipinski definition) is 0. The lowest BCUT2D eigenvalue weighted by Crippen LogP contribution is -2.08. The third kappa shape index (κ3) is 4.66. The van der Waals surface area contributed by atoms with Crippen molar-refractivity contribution in [2.45, 2.75) is 0 Å². The molecule has 0 fully saturated rings. The highest BCUT2D eigenvalue weighted by atomic mass is 15.2. The Bertz CT molecular complexity index is 4730. The molecule has 6 aromatic heterocycles. The van der Waals surface area contributed by atoms with Crippen molar-refractivity contribution in [1.29, 1.82) is 0 Å². The molecule has 0 saturated carbocycles. The van der Waals surface area contributed by atoms with Gasteiger partial charge in [-0.25, -0.2) is 19.9 Å². The zero-order valence-corrected chi connectivity index (χ0v) is 28.8. The molecule has 0 N–H and O–H groups in total. The minimum absolute atomic E-state index is 0.0186. The van der Waals surface area contributed by atoms with Gasteiger partial charge in [-0.1, -0.05) is 115 Å². The highest BCUT2D eigenvalue weighted by molar-refractivity contribution is 6.11. The van der Waals surface area contributed by atoms with Crippen LogP contribution in [0.1, 0.15) is 30.2 Å². The maximum Gasteiger partial charge on any atom is 0.235 e. The van der Waals surface area contributed by atoms with E-state index in [2.05, 4.69) is 9.97 Å². The summed E-state index contributed by atoms with van der Waals surface area (Å²) in [6.07, 6.45) is 2.80. The molecule has 12 rings (SSSR count). The van der Waals surface area contributed by atoms with E-state index >= 15 is 0 Å². The fourth-order valence-electron chi connectivity index (χ4n) is 7.41. The van der Waals surface area contributed by atoms with Crippen LogP contribution in [-0.2, 0) is 0 Å². The number of pyridine rings is 2. The van der Waals surface area contributed by atoms with Gasteiger partial charge in [0.2, 0.25) is 5.95 Å². The van der Waals surface area contributed by atoms with E-state index < -0.39 is 178 Å². The van der Waals surface area contributed by atoms with Gasteiger partial charge in [0.1, 0.15) is 11.3 Å². The Hall–Kier alpha value is -7.90. The van der Waals surface area contributed by atoms with Crippen LogP contribution in [0.5, 0.6) is 0 Å². The van der Waals surface area contributed by atoms with Crippen LogP contribution in [0.15, 0.2) is 188 Å². The van der Waals surface area contributed by atoms with Crippen LogP contribution in [0, 0.1) is 0 Å². The fourth-order valence-corrected chi connectivity index (χ4v) is 7.41. The van der Waals surface area contributed by atoms with Gasteiger partial charge in [-0.3, -0.25) is 13.7 Å². The Balaban J connectivity index is 1.37. The quantitative estimate of drug-likeness (QED) is 0.176. The third-order valence-electron chi connectivity index (χ3n) is 9.68. The molecule has 0 aliphatic heterocycles.